The minimum Gasteiger partial charge on any atom is -0.481 e. The van der Waals surface area contributed by atoms with Gasteiger partial charge in [0.15, 0.2) is 11.9 Å². The molecule has 422 valence electrons. The fourth-order valence-electron chi connectivity index (χ4n) is 9.84. The van der Waals surface area contributed by atoms with E-state index in [0.717, 1.165) is 75.3 Å². The number of amides is 1. The summed E-state index contributed by atoms with van der Waals surface area (Å²) in [5.41, 5.74) is 9.41. The predicted octanol–water partition coefficient (Wildman–Crippen LogP) is 15.0. The van der Waals surface area contributed by atoms with Crippen molar-refractivity contribution in [2.45, 2.75) is 222 Å². The first-order valence-corrected chi connectivity index (χ1v) is 34.8. The molecule has 11 nitrogen and oxygen atoms in total. The Labute approximate surface area is 448 Å². The molecule has 0 aromatic heterocycles. The van der Waals surface area contributed by atoms with E-state index < -0.39 is 46.1 Å². The molecule has 74 heavy (non-hydrogen) atoms. The summed E-state index contributed by atoms with van der Waals surface area (Å²) in [6, 6.07) is 15.0. The molecule has 4 heterocycles. The molecule has 0 radical (unpaired) electrons. The highest BCUT2D eigenvalue weighted by molar-refractivity contribution is 6.78. The van der Waals surface area contributed by atoms with Crippen LogP contribution in [0.25, 0.3) is 0 Å². The number of allylic oxidation sites excluding steroid dienone is 2. The van der Waals surface area contributed by atoms with Crippen molar-refractivity contribution in [3.05, 3.63) is 95.6 Å². The number of fused-ring (bicyclic) bond motifs is 2. The van der Waals surface area contributed by atoms with Crippen molar-refractivity contribution in [3.8, 4) is 0 Å². The number of halogens is 2. The molecule has 4 aliphatic heterocycles. The van der Waals surface area contributed by atoms with E-state index in [-0.39, 0.29) is 47.2 Å². The van der Waals surface area contributed by atoms with Crippen LogP contribution < -0.4 is 11.1 Å². The van der Waals surface area contributed by atoms with Gasteiger partial charge >= 0.3 is 11.9 Å². The van der Waals surface area contributed by atoms with Crippen LogP contribution in [0.1, 0.15) is 145 Å². The number of rotatable bonds is 16. The smallest absolute Gasteiger partial charge is 0.306 e. The van der Waals surface area contributed by atoms with Gasteiger partial charge in [-0.2, -0.15) is 0 Å². The van der Waals surface area contributed by atoms with Crippen LogP contribution in [0.5, 0.6) is 0 Å². The summed E-state index contributed by atoms with van der Waals surface area (Å²) in [5, 5.41) is 11.2. The number of hydrogen-bond donors (Lipinski definition) is 3. The average molecular weight is 1080 g/mol. The Bertz CT molecular complexity index is 1960. The summed E-state index contributed by atoms with van der Waals surface area (Å²) in [4.78, 5) is 45.0. The van der Waals surface area contributed by atoms with Crippen molar-refractivity contribution in [1.82, 2.24) is 5.32 Å². The monoisotopic (exact) mass is 1070 g/mol. The number of carbonyl (C=O) groups excluding carboxylic acids is 2. The maximum Gasteiger partial charge on any atom is 0.306 e. The Kier molecular flexibility index (Phi) is 30.4. The molecule has 7 rings (SSSR count). The van der Waals surface area contributed by atoms with Crippen LogP contribution in [0.2, 0.25) is 51.4 Å². The molecule has 8 atom stereocenters. The first-order valence-electron chi connectivity index (χ1n) is 27.4. The fraction of sp³-hybridized carbons (Fsp3) is 0.678. The number of esters is 1. The third-order valence-electron chi connectivity index (χ3n) is 14.2. The van der Waals surface area contributed by atoms with E-state index in [0.29, 0.717) is 24.9 Å². The van der Waals surface area contributed by atoms with E-state index in [9.17, 15) is 23.2 Å². The van der Waals surface area contributed by atoms with Gasteiger partial charge < -0.3 is 30.4 Å². The van der Waals surface area contributed by atoms with E-state index in [1.54, 1.807) is 24.3 Å². The van der Waals surface area contributed by atoms with Gasteiger partial charge in [-0.05, 0) is 124 Å². The molecule has 2 bridgehead atoms. The summed E-state index contributed by atoms with van der Waals surface area (Å²) in [6.07, 6.45) is 8.24. The Morgan fingerprint density at radius 1 is 0.757 bits per heavy atom. The number of carboxylic acids is 1. The summed E-state index contributed by atoms with van der Waals surface area (Å²) in [7, 11) is -1.79. The van der Waals surface area contributed by atoms with Gasteiger partial charge in [-0.15, -0.1) is 6.58 Å². The maximum atomic E-state index is 12.6. The third-order valence-corrected chi connectivity index (χ3v) is 17.3. The quantitative estimate of drug-likeness (QED) is 0.0640. The van der Waals surface area contributed by atoms with Crippen molar-refractivity contribution < 1.29 is 52.3 Å². The van der Waals surface area contributed by atoms with Crippen molar-refractivity contribution in [3.63, 3.8) is 0 Å². The Morgan fingerprint density at radius 2 is 1.24 bits per heavy atom. The first-order chi connectivity index (χ1) is 34.5. The van der Waals surface area contributed by atoms with Gasteiger partial charge in [-0.3, -0.25) is 14.4 Å². The van der Waals surface area contributed by atoms with Gasteiger partial charge in [0.25, 0.3) is 0 Å². The van der Waals surface area contributed by atoms with Crippen molar-refractivity contribution in [2.24, 2.45) is 41.2 Å². The molecule has 1 aliphatic carbocycles. The molecule has 15 heteroatoms. The Hall–Kier alpha value is -3.58. The highest BCUT2D eigenvalue weighted by Crippen LogP contribution is 2.60. The lowest BCUT2D eigenvalue weighted by atomic mass is 9.58. The highest BCUT2D eigenvalue weighted by atomic mass is 28.3. The van der Waals surface area contributed by atoms with Crippen LogP contribution in [0.15, 0.2) is 72.8 Å². The summed E-state index contributed by atoms with van der Waals surface area (Å²) in [5.74, 6) is -1.14. The second-order valence-electron chi connectivity index (χ2n) is 23.1. The normalized spacial score (nSPS) is 24.4. The molecule has 2 aromatic carbocycles. The number of carboxylic acid groups (broad SMARTS) is 1. The van der Waals surface area contributed by atoms with Crippen molar-refractivity contribution >= 4 is 34.0 Å². The van der Waals surface area contributed by atoms with E-state index >= 15 is 0 Å². The molecular weight excluding hydrogens is 975 g/mol. The largest absolute Gasteiger partial charge is 0.481 e. The molecule has 5 fully saturated rings. The zero-order valence-corrected chi connectivity index (χ0v) is 50.6. The number of nitrogens with two attached hydrogens (primary N) is 1. The minimum absolute atomic E-state index is 0.0415. The summed E-state index contributed by atoms with van der Waals surface area (Å²) >= 11 is 0. The number of aliphatic carboxylic acids is 1. The topological polar surface area (TPSA) is 156 Å². The van der Waals surface area contributed by atoms with Gasteiger partial charge in [0, 0.05) is 60.3 Å². The standard InChI is InChI=1S/C17H26O6.C13H18FNO.C10H24Si2.C7H8FN.C6H12O2.C6H12/c1-9-5-6-13-10(2)14(19-11(3)18)20-15-17(13)12(9)7-8-16(4,21-15)22-23-17;1-3-11(4-2)13(16)15-9-10-5-7-12(14)8-6-10;1-10(8-11(2,3)4)9-12(5,6)7;8-7-3-1-6(5-9)2-4-7;1-3-5(4-2)6(7)8;1-4-6(3)5-2/h9-10,12-15H,5-8H2,1-4H3;5-8,11H,3-4,9H2,1-2H3,(H,15,16);1,8-9H2,2-7H3;1-4H,5,9H2;5H,3-4H2,1-2H3,(H,7,8);3-5H2,1-2H3/t9-,10-,12+,13+,14?,15-,16+,17-;;;;;/m1...../s1. The SMILES string of the molecule is C=C(CC)CC.C=C(C[Si](C)(C)C)C[Si](C)(C)C.CC(=O)OC1O[C@@H]2O[C@]3(C)CC[C@H]4[C@H](C)CC[C@@H]([C@H]1C)[C@@]24OO3.CCC(CC)C(=O)NCc1ccc(F)cc1.CCC(CC)C(=O)O.NCc1ccc(F)cc1. The molecule has 1 saturated carbocycles. The van der Waals surface area contributed by atoms with E-state index in [2.05, 4.69) is 85.5 Å². The van der Waals surface area contributed by atoms with Crippen LogP contribution in [0, 0.1) is 47.1 Å². The zero-order chi connectivity index (χ0) is 56.6. The number of ether oxygens (including phenoxy) is 3. The minimum atomic E-state index is -0.897. The number of hydrogen-bond acceptors (Lipinski definition) is 9. The lowest BCUT2D eigenvalue weighted by Gasteiger charge is -2.59. The molecule has 2 aromatic rings. The zero-order valence-electron chi connectivity index (χ0n) is 48.6. The number of nitrogens with one attached hydrogen (secondary N) is 1. The lowest BCUT2D eigenvalue weighted by molar-refractivity contribution is -0.576. The lowest BCUT2D eigenvalue weighted by Crippen LogP contribution is -2.70. The van der Waals surface area contributed by atoms with Gasteiger partial charge in [-0.25, -0.2) is 18.6 Å². The molecule has 1 unspecified atom stereocenters. The van der Waals surface area contributed by atoms with E-state index in [1.165, 1.54) is 54.4 Å². The molecule has 4 N–H and O–H groups in total. The summed E-state index contributed by atoms with van der Waals surface area (Å²) < 4.78 is 42.5. The van der Waals surface area contributed by atoms with Crippen molar-refractivity contribution in [2.75, 3.05) is 0 Å². The second kappa shape index (κ2) is 32.9. The van der Waals surface area contributed by atoms with Crippen LogP contribution in [-0.4, -0.2) is 63.1 Å². The van der Waals surface area contributed by atoms with Crippen LogP contribution in [0.3, 0.4) is 0 Å². The number of benzene rings is 2. The van der Waals surface area contributed by atoms with Crippen LogP contribution in [-0.2, 0) is 51.5 Å². The van der Waals surface area contributed by atoms with Gasteiger partial charge in [0.2, 0.25) is 18.0 Å². The van der Waals surface area contributed by atoms with Gasteiger partial charge in [0.1, 0.15) is 11.6 Å². The maximum absolute atomic E-state index is 12.6. The Morgan fingerprint density at radius 3 is 1.64 bits per heavy atom. The van der Waals surface area contributed by atoms with Crippen molar-refractivity contribution in [1.29, 1.82) is 0 Å². The predicted molar refractivity (Wildman–Crippen MR) is 302 cm³/mol. The molecule has 1 amide bonds. The molecule has 4 saturated heterocycles. The third kappa shape index (κ3) is 23.8. The highest BCUT2D eigenvalue weighted by Gasteiger charge is 2.69. The average Bonchev–Trinajstić information content (AvgIpc) is 3.56. The van der Waals surface area contributed by atoms with Gasteiger partial charge in [-0.1, -0.05) is 137 Å². The van der Waals surface area contributed by atoms with Crippen LogP contribution in [0.4, 0.5) is 8.78 Å². The summed E-state index contributed by atoms with van der Waals surface area (Å²) in [6.45, 7) is 43.1. The first kappa shape index (κ1) is 68.4. The second-order valence-corrected chi connectivity index (χ2v) is 34.1. The molecule has 1 spiro atoms. The Balaban J connectivity index is 0.000000474. The number of carbonyl (C=O) groups is 3. The molecule has 5 aliphatic rings. The van der Waals surface area contributed by atoms with E-state index in [4.69, 9.17) is 34.8 Å². The van der Waals surface area contributed by atoms with Crippen LogP contribution >= 0.6 is 0 Å². The van der Waals surface area contributed by atoms with E-state index in [1.807, 2.05) is 34.6 Å². The fourth-order valence-corrected chi connectivity index (χ4v) is 13.3. The molecular formula is C59H100F2N2O9Si2. The van der Waals surface area contributed by atoms with Gasteiger partial charge in [0.05, 0.1) is 5.92 Å².